The summed E-state index contributed by atoms with van der Waals surface area (Å²) in [5, 5.41) is 0.804. The Bertz CT molecular complexity index is 294. The van der Waals surface area contributed by atoms with Gasteiger partial charge in [-0.2, -0.15) is 0 Å². The molecule has 1 heteroatoms. The van der Waals surface area contributed by atoms with E-state index in [1.807, 2.05) is 12.1 Å². The molecule has 1 aromatic rings. The van der Waals surface area contributed by atoms with Crippen LogP contribution in [0.25, 0.3) is 0 Å². The lowest BCUT2D eigenvalue weighted by atomic mass is 10.1. The minimum atomic E-state index is 0.804. The molecule has 0 saturated carbocycles. The van der Waals surface area contributed by atoms with Crippen LogP contribution in [0.5, 0.6) is 0 Å². The zero-order valence-electron chi connectivity index (χ0n) is 12.7. The van der Waals surface area contributed by atoms with E-state index in [0.29, 0.717) is 0 Å². The minimum absolute atomic E-state index is 0.804. The number of hydrogen-bond acceptors (Lipinski definition) is 1. The maximum Gasteiger partial charge on any atom is 0.00943 e. The Morgan fingerprint density at radius 3 is 2.26 bits per heavy atom. The van der Waals surface area contributed by atoms with Crippen molar-refractivity contribution in [3.63, 3.8) is 0 Å². The molecular formula is C18H29S. The van der Waals surface area contributed by atoms with Gasteiger partial charge in [-0.25, -0.2) is 0 Å². The van der Waals surface area contributed by atoms with E-state index >= 15 is 0 Å². The van der Waals surface area contributed by atoms with Gasteiger partial charge in [-0.05, 0) is 31.0 Å². The molecular weight excluding hydrogens is 248 g/mol. The Kier molecular flexibility index (Phi) is 9.98. The fraction of sp³-hybridized carbons (Fsp3) is 0.667. The van der Waals surface area contributed by atoms with Gasteiger partial charge in [0.2, 0.25) is 0 Å². The predicted molar refractivity (Wildman–Crippen MR) is 87.8 cm³/mol. The predicted octanol–water partition coefficient (Wildman–Crippen LogP) is 6.50. The third-order valence-electron chi connectivity index (χ3n) is 3.48. The van der Waals surface area contributed by atoms with Crippen LogP contribution in [0.4, 0.5) is 0 Å². The van der Waals surface area contributed by atoms with E-state index in [2.05, 4.69) is 43.8 Å². The quantitative estimate of drug-likeness (QED) is 0.329. The number of rotatable bonds is 11. The standard InChI is InChI=1S/C18H29S/c1-3-5-6-7-8-10-14-17(13-4-2)19-18-15-11-9-12-16-18/h11-12,15-17H,3-8,10,13-14H2,1-2H3. The Morgan fingerprint density at radius 2 is 1.58 bits per heavy atom. The van der Waals surface area contributed by atoms with Crippen molar-refractivity contribution in [2.45, 2.75) is 81.8 Å². The van der Waals surface area contributed by atoms with Gasteiger partial charge < -0.3 is 0 Å². The van der Waals surface area contributed by atoms with E-state index in [0.717, 1.165) is 5.25 Å². The fourth-order valence-corrected chi connectivity index (χ4v) is 3.70. The third-order valence-corrected chi connectivity index (χ3v) is 4.83. The molecule has 1 aromatic carbocycles. The highest BCUT2D eigenvalue weighted by atomic mass is 32.2. The van der Waals surface area contributed by atoms with Crippen molar-refractivity contribution in [1.29, 1.82) is 0 Å². The summed E-state index contributed by atoms with van der Waals surface area (Å²) in [4.78, 5) is 1.41. The minimum Gasteiger partial charge on any atom is -0.123 e. The van der Waals surface area contributed by atoms with E-state index in [-0.39, 0.29) is 0 Å². The average Bonchev–Trinajstić information content (AvgIpc) is 2.44. The third kappa shape index (κ3) is 8.36. The number of unbranched alkanes of at least 4 members (excludes halogenated alkanes) is 5. The lowest BCUT2D eigenvalue weighted by Crippen LogP contribution is -2.02. The summed E-state index contributed by atoms with van der Waals surface area (Å²) < 4.78 is 0. The zero-order chi connectivity index (χ0) is 13.8. The molecule has 1 unspecified atom stereocenters. The van der Waals surface area contributed by atoms with Crippen molar-refractivity contribution in [3.8, 4) is 0 Å². The Balaban J connectivity index is 2.21. The molecule has 0 N–H and O–H groups in total. The molecule has 1 radical (unpaired) electrons. The van der Waals surface area contributed by atoms with Gasteiger partial charge in [-0.15, -0.1) is 11.8 Å². The monoisotopic (exact) mass is 277 g/mol. The molecule has 1 atom stereocenters. The maximum atomic E-state index is 3.10. The van der Waals surface area contributed by atoms with Crippen molar-refractivity contribution >= 4 is 11.8 Å². The van der Waals surface area contributed by atoms with Crippen LogP contribution in [0.15, 0.2) is 29.2 Å². The number of hydrogen-bond donors (Lipinski definition) is 0. The van der Waals surface area contributed by atoms with Crippen LogP contribution >= 0.6 is 11.8 Å². The number of benzene rings is 1. The van der Waals surface area contributed by atoms with Crippen LogP contribution < -0.4 is 0 Å². The summed E-state index contributed by atoms with van der Waals surface area (Å²) in [6.45, 7) is 4.58. The molecule has 0 saturated heterocycles. The maximum absolute atomic E-state index is 3.10. The van der Waals surface area contributed by atoms with E-state index in [1.54, 1.807) is 0 Å². The molecule has 0 aliphatic rings. The van der Waals surface area contributed by atoms with Gasteiger partial charge in [0.25, 0.3) is 0 Å². The molecule has 0 nitrogen and oxygen atoms in total. The van der Waals surface area contributed by atoms with Crippen molar-refractivity contribution in [1.82, 2.24) is 0 Å². The lowest BCUT2D eigenvalue weighted by Gasteiger charge is -2.15. The molecule has 0 heterocycles. The first-order valence-electron chi connectivity index (χ1n) is 7.99. The second kappa shape index (κ2) is 11.4. The number of thioether (sulfide) groups is 1. The van der Waals surface area contributed by atoms with E-state index < -0.39 is 0 Å². The Labute approximate surface area is 124 Å². The van der Waals surface area contributed by atoms with Crippen LogP contribution in [0.3, 0.4) is 0 Å². The van der Waals surface area contributed by atoms with Crippen LogP contribution in [0, 0.1) is 6.07 Å². The topological polar surface area (TPSA) is 0 Å². The van der Waals surface area contributed by atoms with E-state index in [9.17, 15) is 0 Å². The van der Waals surface area contributed by atoms with Gasteiger partial charge in [0.1, 0.15) is 0 Å². The highest BCUT2D eigenvalue weighted by Crippen LogP contribution is 2.29. The molecule has 0 amide bonds. The van der Waals surface area contributed by atoms with E-state index in [1.165, 1.54) is 62.7 Å². The summed E-state index contributed by atoms with van der Waals surface area (Å²) in [6.07, 6.45) is 12.5. The molecule has 19 heavy (non-hydrogen) atoms. The molecule has 0 aromatic heterocycles. The van der Waals surface area contributed by atoms with Crippen molar-refractivity contribution in [3.05, 3.63) is 30.3 Å². The van der Waals surface area contributed by atoms with Crippen LogP contribution in [-0.2, 0) is 0 Å². The van der Waals surface area contributed by atoms with E-state index in [4.69, 9.17) is 0 Å². The highest BCUT2D eigenvalue weighted by molar-refractivity contribution is 8.00. The summed E-state index contributed by atoms with van der Waals surface area (Å²) in [5.74, 6) is 0. The molecule has 107 valence electrons. The van der Waals surface area contributed by atoms with Crippen molar-refractivity contribution in [2.75, 3.05) is 0 Å². The van der Waals surface area contributed by atoms with Gasteiger partial charge in [0.15, 0.2) is 0 Å². The summed E-state index contributed by atoms with van der Waals surface area (Å²) in [7, 11) is 0. The first-order chi connectivity index (χ1) is 9.36. The second-order valence-corrected chi connectivity index (χ2v) is 6.69. The molecule has 0 aliphatic heterocycles. The first kappa shape index (κ1) is 16.6. The molecule has 0 fully saturated rings. The Morgan fingerprint density at radius 1 is 0.895 bits per heavy atom. The summed E-state index contributed by atoms with van der Waals surface area (Å²) in [5.41, 5.74) is 0. The molecule has 0 bridgehead atoms. The van der Waals surface area contributed by atoms with Gasteiger partial charge in [0, 0.05) is 10.1 Å². The van der Waals surface area contributed by atoms with Gasteiger partial charge in [-0.3, -0.25) is 0 Å². The second-order valence-electron chi connectivity index (χ2n) is 5.32. The van der Waals surface area contributed by atoms with Gasteiger partial charge in [0.05, 0.1) is 0 Å². The van der Waals surface area contributed by atoms with Crippen LogP contribution in [-0.4, -0.2) is 5.25 Å². The largest absolute Gasteiger partial charge is 0.123 e. The summed E-state index contributed by atoms with van der Waals surface area (Å²) >= 11 is 2.06. The van der Waals surface area contributed by atoms with Gasteiger partial charge in [-0.1, -0.05) is 70.9 Å². The fourth-order valence-electron chi connectivity index (χ4n) is 2.38. The average molecular weight is 277 g/mol. The van der Waals surface area contributed by atoms with Crippen molar-refractivity contribution in [2.24, 2.45) is 0 Å². The lowest BCUT2D eigenvalue weighted by molar-refractivity contribution is 0.569. The van der Waals surface area contributed by atoms with Gasteiger partial charge >= 0.3 is 0 Å². The first-order valence-corrected chi connectivity index (χ1v) is 8.87. The molecule has 0 aliphatic carbocycles. The zero-order valence-corrected chi connectivity index (χ0v) is 13.5. The SMILES string of the molecule is CCCCCCCCC(CCC)Sc1cc[c]cc1. The van der Waals surface area contributed by atoms with Crippen LogP contribution in [0.1, 0.15) is 71.6 Å². The smallest absolute Gasteiger partial charge is 0.00943 e. The molecule has 0 spiro atoms. The van der Waals surface area contributed by atoms with Crippen LogP contribution in [0.2, 0.25) is 0 Å². The normalized spacial score (nSPS) is 12.5. The Hall–Kier alpha value is -0.430. The molecule has 1 rings (SSSR count). The van der Waals surface area contributed by atoms with Crippen molar-refractivity contribution < 1.29 is 0 Å². The summed E-state index contributed by atoms with van der Waals surface area (Å²) in [6, 6.07) is 11.5. The highest BCUT2D eigenvalue weighted by Gasteiger charge is 2.09.